The molecule has 2 aliphatic rings. The van der Waals surface area contributed by atoms with E-state index in [-0.39, 0.29) is 0 Å². The van der Waals surface area contributed by atoms with E-state index in [0.29, 0.717) is 6.10 Å². The second-order valence-corrected chi connectivity index (χ2v) is 6.96. The molecule has 0 heterocycles. The third-order valence-corrected chi connectivity index (χ3v) is 5.52. The van der Waals surface area contributed by atoms with Gasteiger partial charge in [-0.25, -0.2) is 0 Å². The summed E-state index contributed by atoms with van der Waals surface area (Å²) < 4.78 is 6.00. The summed E-state index contributed by atoms with van der Waals surface area (Å²) in [7, 11) is 0. The van der Waals surface area contributed by atoms with Crippen LogP contribution < -0.4 is 0 Å². The van der Waals surface area contributed by atoms with E-state index in [9.17, 15) is 0 Å². The molecule has 0 N–H and O–H groups in total. The number of ether oxygens (including phenoxy) is 1. The fraction of sp³-hybridized carbons (Fsp3) is 0.895. The average Bonchev–Trinajstić information content (AvgIpc) is 2.49. The van der Waals surface area contributed by atoms with E-state index >= 15 is 0 Å². The smallest absolute Gasteiger partial charge is 0.0575 e. The molecule has 0 unspecified atom stereocenters. The largest absolute Gasteiger partial charge is 0.378 e. The molecule has 0 bridgehead atoms. The van der Waals surface area contributed by atoms with E-state index in [2.05, 4.69) is 26.0 Å². The average molecular weight is 278 g/mol. The summed E-state index contributed by atoms with van der Waals surface area (Å²) in [5.74, 6) is 2.91. The Morgan fingerprint density at radius 3 is 2.05 bits per heavy atom. The lowest BCUT2D eigenvalue weighted by atomic mass is 9.70. The van der Waals surface area contributed by atoms with Gasteiger partial charge in [-0.2, -0.15) is 0 Å². The summed E-state index contributed by atoms with van der Waals surface area (Å²) >= 11 is 0. The van der Waals surface area contributed by atoms with Gasteiger partial charge in [0.1, 0.15) is 0 Å². The van der Waals surface area contributed by atoms with Gasteiger partial charge in [0, 0.05) is 6.61 Å². The third kappa shape index (κ3) is 4.91. The zero-order valence-corrected chi connectivity index (χ0v) is 13.7. The Morgan fingerprint density at radius 1 is 0.900 bits per heavy atom. The Bertz CT molecular complexity index is 267. The van der Waals surface area contributed by atoms with Crippen molar-refractivity contribution in [2.75, 3.05) is 6.61 Å². The zero-order valence-electron chi connectivity index (χ0n) is 13.7. The van der Waals surface area contributed by atoms with E-state index in [0.717, 1.165) is 24.4 Å². The van der Waals surface area contributed by atoms with Crippen molar-refractivity contribution in [1.82, 2.24) is 0 Å². The van der Waals surface area contributed by atoms with Crippen LogP contribution in [0.3, 0.4) is 0 Å². The van der Waals surface area contributed by atoms with Crippen LogP contribution in [0.5, 0.6) is 0 Å². The van der Waals surface area contributed by atoms with E-state index in [1.54, 1.807) is 0 Å². The molecule has 0 amide bonds. The van der Waals surface area contributed by atoms with Gasteiger partial charge in [-0.3, -0.25) is 0 Å². The molecule has 2 rings (SSSR count). The summed E-state index contributed by atoms with van der Waals surface area (Å²) in [6, 6.07) is 0. The molecule has 1 nitrogen and oxygen atoms in total. The van der Waals surface area contributed by atoms with E-state index in [1.807, 2.05) is 0 Å². The molecule has 0 aliphatic heterocycles. The lowest BCUT2D eigenvalue weighted by molar-refractivity contribution is 0.00645. The van der Waals surface area contributed by atoms with Crippen molar-refractivity contribution in [2.24, 2.45) is 17.8 Å². The van der Waals surface area contributed by atoms with Crippen molar-refractivity contribution in [2.45, 2.75) is 84.2 Å². The highest BCUT2D eigenvalue weighted by molar-refractivity contribution is 4.90. The van der Waals surface area contributed by atoms with E-state index in [1.165, 1.54) is 64.2 Å². The Balaban J connectivity index is 1.64. The fourth-order valence-electron chi connectivity index (χ4n) is 4.20. The van der Waals surface area contributed by atoms with Crippen LogP contribution in [0.1, 0.15) is 78.1 Å². The number of hydrogen-bond donors (Lipinski definition) is 0. The van der Waals surface area contributed by atoms with Gasteiger partial charge in [-0.15, -0.1) is 0 Å². The van der Waals surface area contributed by atoms with Crippen molar-refractivity contribution in [3.63, 3.8) is 0 Å². The fourth-order valence-corrected chi connectivity index (χ4v) is 4.20. The Kier molecular flexibility index (Phi) is 7.13. The quantitative estimate of drug-likeness (QED) is 0.444. The van der Waals surface area contributed by atoms with Gasteiger partial charge in [0.05, 0.1) is 6.10 Å². The van der Waals surface area contributed by atoms with Gasteiger partial charge in [0.25, 0.3) is 0 Å². The topological polar surface area (TPSA) is 9.23 Å². The van der Waals surface area contributed by atoms with Crippen molar-refractivity contribution in [3.8, 4) is 0 Å². The van der Waals surface area contributed by atoms with Crippen LogP contribution in [0.4, 0.5) is 0 Å². The van der Waals surface area contributed by atoms with Gasteiger partial charge >= 0.3 is 0 Å². The van der Waals surface area contributed by atoms with E-state index < -0.39 is 0 Å². The number of rotatable bonds is 6. The molecule has 2 saturated carbocycles. The predicted molar refractivity (Wildman–Crippen MR) is 86.9 cm³/mol. The number of allylic oxidation sites excluding steroid dienone is 2. The minimum absolute atomic E-state index is 0.581. The molecule has 0 saturated heterocycles. The molecule has 116 valence electrons. The van der Waals surface area contributed by atoms with Gasteiger partial charge in [0.2, 0.25) is 0 Å². The molecular weight excluding hydrogens is 244 g/mol. The number of hydrogen-bond acceptors (Lipinski definition) is 1. The van der Waals surface area contributed by atoms with Crippen LogP contribution in [0, 0.1) is 17.8 Å². The maximum Gasteiger partial charge on any atom is 0.0575 e. The van der Waals surface area contributed by atoms with Crippen LogP contribution in [0.2, 0.25) is 0 Å². The first-order valence-electron chi connectivity index (χ1n) is 9.07. The predicted octanol–water partition coefficient (Wildman–Crippen LogP) is 5.74. The molecule has 2 aliphatic carbocycles. The Morgan fingerprint density at radius 2 is 1.50 bits per heavy atom. The molecular formula is C19H34O. The maximum atomic E-state index is 6.00. The standard InChI is InChI=1S/C19H34O/c1-3-5-15-20-19-13-11-18(12-14-19)17-9-7-16(6-4-2)8-10-17/h4,6,16-19H,3,5,7-15H2,1-2H3. The SMILES string of the molecule is CC=CC1CCC(C2CCC(OCCCC)CC2)CC1. The third-order valence-electron chi connectivity index (χ3n) is 5.52. The summed E-state index contributed by atoms with van der Waals surface area (Å²) in [5.41, 5.74) is 0. The minimum Gasteiger partial charge on any atom is -0.378 e. The lowest BCUT2D eigenvalue weighted by Crippen LogP contribution is -2.28. The highest BCUT2D eigenvalue weighted by atomic mass is 16.5. The van der Waals surface area contributed by atoms with E-state index in [4.69, 9.17) is 4.74 Å². The molecule has 1 heteroatoms. The van der Waals surface area contributed by atoms with Gasteiger partial charge in [-0.05, 0) is 82.5 Å². The molecule has 0 aromatic rings. The van der Waals surface area contributed by atoms with Crippen molar-refractivity contribution in [1.29, 1.82) is 0 Å². The first-order chi connectivity index (χ1) is 9.83. The molecule has 0 spiro atoms. The summed E-state index contributed by atoms with van der Waals surface area (Å²) in [6.07, 6.45) is 19.0. The van der Waals surface area contributed by atoms with Crippen LogP contribution in [0.25, 0.3) is 0 Å². The highest BCUT2D eigenvalue weighted by Gasteiger charge is 2.30. The van der Waals surface area contributed by atoms with Crippen LogP contribution in [-0.4, -0.2) is 12.7 Å². The second-order valence-electron chi connectivity index (χ2n) is 6.96. The van der Waals surface area contributed by atoms with Gasteiger partial charge in [-0.1, -0.05) is 25.5 Å². The summed E-state index contributed by atoms with van der Waals surface area (Å²) in [6.45, 7) is 5.39. The van der Waals surface area contributed by atoms with Crippen LogP contribution >= 0.6 is 0 Å². The van der Waals surface area contributed by atoms with Crippen molar-refractivity contribution >= 4 is 0 Å². The van der Waals surface area contributed by atoms with Gasteiger partial charge < -0.3 is 4.74 Å². The van der Waals surface area contributed by atoms with Gasteiger partial charge in [0.15, 0.2) is 0 Å². The normalized spacial score (nSPS) is 35.5. The Hall–Kier alpha value is -0.300. The molecule has 0 aromatic heterocycles. The monoisotopic (exact) mass is 278 g/mol. The van der Waals surface area contributed by atoms with Crippen molar-refractivity contribution < 1.29 is 4.74 Å². The van der Waals surface area contributed by atoms with Crippen molar-refractivity contribution in [3.05, 3.63) is 12.2 Å². The summed E-state index contributed by atoms with van der Waals surface area (Å²) in [5, 5.41) is 0. The molecule has 0 aromatic carbocycles. The molecule has 0 atom stereocenters. The molecule has 20 heavy (non-hydrogen) atoms. The van der Waals surface area contributed by atoms with Crippen LogP contribution in [-0.2, 0) is 4.74 Å². The summed E-state index contributed by atoms with van der Waals surface area (Å²) in [4.78, 5) is 0. The second kappa shape index (κ2) is 8.87. The molecule has 0 radical (unpaired) electrons. The first-order valence-corrected chi connectivity index (χ1v) is 9.07. The lowest BCUT2D eigenvalue weighted by Gasteiger charge is -2.37. The zero-order chi connectivity index (χ0) is 14.2. The Labute approximate surface area is 126 Å². The maximum absolute atomic E-state index is 6.00. The highest BCUT2D eigenvalue weighted by Crippen LogP contribution is 2.40. The van der Waals surface area contributed by atoms with Crippen LogP contribution in [0.15, 0.2) is 12.2 Å². The number of unbranched alkanes of at least 4 members (excludes halogenated alkanes) is 1. The minimum atomic E-state index is 0.581. The molecule has 2 fully saturated rings. The first kappa shape index (κ1) is 16.1.